The number of nitrogens with one attached hydrogen (secondary N) is 1. The average molecular weight is 445 g/mol. The van der Waals surface area contributed by atoms with Crippen LogP contribution in [0.2, 0.25) is 0 Å². The number of benzene rings is 2. The Morgan fingerprint density at radius 2 is 1.82 bits per heavy atom. The minimum absolute atomic E-state index is 0.245. The summed E-state index contributed by atoms with van der Waals surface area (Å²) >= 11 is 0. The highest BCUT2D eigenvalue weighted by atomic mass is 16.5. The van der Waals surface area contributed by atoms with Crippen molar-refractivity contribution in [1.82, 2.24) is 4.98 Å². The minimum atomic E-state index is 0.245. The highest BCUT2D eigenvalue weighted by molar-refractivity contribution is 5.56. The monoisotopic (exact) mass is 444 g/mol. The molecule has 0 aliphatic heterocycles. The van der Waals surface area contributed by atoms with Gasteiger partial charge in [0.15, 0.2) is 0 Å². The van der Waals surface area contributed by atoms with Crippen molar-refractivity contribution in [3.05, 3.63) is 83.0 Å². The predicted molar refractivity (Wildman–Crippen MR) is 133 cm³/mol. The molecular weight excluding hydrogens is 412 g/mol. The zero-order valence-electron chi connectivity index (χ0n) is 19.6. The molecule has 0 aliphatic carbocycles. The summed E-state index contributed by atoms with van der Waals surface area (Å²) in [6.07, 6.45) is 6.14. The molecule has 0 atom stereocenters. The van der Waals surface area contributed by atoms with E-state index in [0.717, 1.165) is 29.1 Å². The van der Waals surface area contributed by atoms with Crippen molar-refractivity contribution < 1.29 is 14.2 Å². The van der Waals surface area contributed by atoms with Crippen molar-refractivity contribution in [2.24, 2.45) is 0 Å². The van der Waals surface area contributed by atoms with Crippen molar-refractivity contribution in [3.63, 3.8) is 0 Å². The molecule has 0 spiro atoms. The van der Waals surface area contributed by atoms with Gasteiger partial charge in [-0.3, -0.25) is 0 Å². The van der Waals surface area contributed by atoms with Crippen LogP contribution < -0.4 is 14.8 Å². The molecule has 0 fully saturated rings. The molecule has 5 heteroatoms. The normalized spacial score (nSPS) is 10.6. The molecule has 1 N–H and O–H groups in total. The maximum atomic E-state index is 5.66. The van der Waals surface area contributed by atoms with Crippen LogP contribution in [0.5, 0.6) is 11.6 Å². The molecule has 3 aromatic rings. The van der Waals surface area contributed by atoms with Gasteiger partial charge in [-0.1, -0.05) is 50.1 Å². The molecule has 172 valence electrons. The first-order valence-electron chi connectivity index (χ1n) is 11.2. The quantitative estimate of drug-likeness (QED) is 0.298. The van der Waals surface area contributed by atoms with E-state index in [2.05, 4.69) is 54.3 Å². The Hall–Kier alpha value is -3.49. The Labute approximate surface area is 197 Å². The fourth-order valence-electron chi connectivity index (χ4n) is 3.40. The lowest BCUT2D eigenvalue weighted by atomic mass is 9.98. The van der Waals surface area contributed by atoms with E-state index in [0.29, 0.717) is 31.6 Å². The van der Waals surface area contributed by atoms with Gasteiger partial charge in [-0.15, -0.1) is 6.42 Å². The summed E-state index contributed by atoms with van der Waals surface area (Å²) in [6, 6.07) is 20.6. The maximum absolute atomic E-state index is 5.66. The molecule has 1 aromatic heterocycles. The Morgan fingerprint density at radius 3 is 2.55 bits per heavy atom. The van der Waals surface area contributed by atoms with Crippen molar-refractivity contribution in [3.8, 4) is 24.0 Å². The standard InChI is InChI=1S/C28H32N2O3/c1-5-15-32-26-13-14-27(24(19-26)18-22-9-11-23(12-10-22)21(2)3)29-20-25-7-6-8-28(30-25)33-17-16-31-4/h1,6-14,19,21,29H,15-18,20H2,2-4H3. The third-order valence-corrected chi connectivity index (χ3v) is 5.22. The first kappa shape index (κ1) is 24.2. The van der Waals surface area contributed by atoms with Crippen LogP contribution in [-0.4, -0.2) is 31.9 Å². The number of hydrogen-bond acceptors (Lipinski definition) is 5. The van der Waals surface area contributed by atoms with E-state index >= 15 is 0 Å². The molecule has 1 heterocycles. The molecule has 2 aromatic carbocycles. The van der Waals surface area contributed by atoms with Gasteiger partial charge in [-0.2, -0.15) is 0 Å². The lowest BCUT2D eigenvalue weighted by Gasteiger charge is -2.15. The molecule has 33 heavy (non-hydrogen) atoms. The van der Waals surface area contributed by atoms with Crippen LogP contribution in [0.25, 0.3) is 0 Å². The van der Waals surface area contributed by atoms with Gasteiger partial charge in [-0.05, 0) is 53.3 Å². The Morgan fingerprint density at radius 1 is 1.00 bits per heavy atom. The zero-order chi connectivity index (χ0) is 23.5. The summed E-state index contributed by atoms with van der Waals surface area (Å²) in [7, 11) is 1.65. The van der Waals surface area contributed by atoms with Gasteiger partial charge in [0.2, 0.25) is 5.88 Å². The molecule has 5 nitrogen and oxygen atoms in total. The number of aromatic nitrogens is 1. The number of rotatable bonds is 12. The van der Waals surface area contributed by atoms with Gasteiger partial charge in [0, 0.05) is 18.9 Å². The second kappa shape index (κ2) is 12.5. The van der Waals surface area contributed by atoms with E-state index in [9.17, 15) is 0 Å². The summed E-state index contributed by atoms with van der Waals surface area (Å²) in [4.78, 5) is 4.57. The van der Waals surface area contributed by atoms with Gasteiger partial charge in [-0.25, -0.2) is 4.98 Å². The van der Waals surface area contributed by atoms with E-state index in [1.54, 1.807) is 7.11 Å². The molecular formula is C28H32N2O3. The van der Waals surface area contributed by atoms with Crippen LogP contribution >= 0.6 is 0 Å². The summed E-state index contributed by atoms with van der Waals surface area (Å²) in [5.41, 5.74) is 5.63. The van der Waals surface area contributed by atoms with E-state index in [1.165, 1.54) is 11.1 Å². The van der Waals surface area contributed by atoms with Crippen LogP contribution in [0.3, 0.4) is 0 Å². The average Bonchev–Trinajstić information content (AvgIpc) is 2.83. The number of terminal acetylenes is 1. The zero-order valence-corrected chi connectivity index (χ0v) is 19.6. The van der Waals surface area contributed by atoms with Crippen molar-refractivity contribution in [2.75, 3.05) is 32.2 Å². The second-order valence-electron chi connectivity index (χ2n) is 8.05. The SMILES string of the molecule is C#CCOc1ccc(NCc2cccc(OCCOC)n2)c(Cc2ccc(C(C)C)cc2)c1. The summed E-state index contributed by atoms with van der Waals surface area (Å²) in [5, 5.41) is 3.52. The molecule has 3 rings (SSSR count). The molecule has 0 aliphatic rings. The number of nitrogens with zero attached hydrogens (tertiary/aromatic N) is 1. The lowest BCUT2D eigenvalue weighted by molar-refractivity contribution is 0.143. The second-order valence-corrected chi connectivity index (χ2v) is 8.05. The van der Waals surface area contributed by atoms with Crippen LogP contribution in [-0.2, 0) is 17.7 Å². The fourth-order valence-corrected chi connectivity index (χ4v) is 3.40. The van der Waals surface area contributed by atoms with Crippen molar-refractivity contribution >= 4 is 5.69 Å². The Bertz CT molecular complexity index is 1060. The number of ether oxygens (including phenoxy) is 3. The Kier molecular flexibility index (Phi) is 9.17. The molecule has 0 bridgehead atoms. The van der Waals surface area contributed by atoms with Crippen LogP contribution in [0, 0.1) is 12.3 Å². The number of methoxy groups -OCH3 is 1. The highest BCUT2D eigenvalue weighted by Gasteiger charge is 2.08. The van der Waals surface area contributed by atoms with E-state index < -0.39 is 0 Å². The van der Waals surface area contributed by atoms with Crippen molar-refractivity contribution in [2.45, 2.75) is 32.7 Å². The largest absolute Gasteiger partial charge is 0.481 e. The van der Waals surface area contributed by atoms with Crippen molar-refractivity contribution in [1.29, 1.82) is 0 Å². The number of hydrogen-bond donors (Lipinski definition) is 1. The minimum Gasteiger partial charge on any atom is -0.481 e. The summed E-state index contributed by atoms with van der Waals surface area (Å²) < 4.78 is 16.3. The van der Waals surface area contributed by atoms with Crippen LogP contribution in [0.4, 0.5) is 5.69 Å². The Balaban J connectivity index is 1.75. The first-order valence-corrected chi connectivity index (χ1v) is 11.2. The third-order valence-electron chi connectivity index (χ3n) is 5.22. The topological polar surface area (TPSA) is 52.6 Å². The van der Waals surface area contributed by atoms with Gasteiger partial charge in [0.1, 0.15) is 19.0 Å². The van der Waals surface area contributed by atoms with Gasteiger partial charge >= 0.3 is 0 Å². The van der Waals surface area contributed by atoms with Gasteiger partial charge in [0.25, 0.3) is 0 Å². The van der Waals surface area contributed by atoms with E-state index in [-0.39, 0.29) is 6.61 Å². The third kappa shape index (κ3) is 7.55. The van der Waals surface area contributed by atoms with Crippen LogP contribution in [0.1, 0.15) is 42.1 Å². The molecule has 0 unspecified atom stereocenters. The van der Waals surface area contributed by atoms with Gasteiger partial charge < -0.3 is 19.5 Å². The summed E-state index contributed by atoms with van der Waals surface area (Å²) in [6.45, 7) is 6.23. The fraction of sp³-hybridized carbons (Fsp3) is 0.321. The molecule has 0 amide bonds. The molecule has 0 radical (unpaired) electrons. The molecule has 0 saturated heterocycles. The summed E-state index contributed by atoms with van der Waals surface area (Å²) in [5.74, 6) is 4.39. The van der Waals surface area contributed by atoms with Crippen LogP contribution in [0.15, 0.2) is 60.7 Å². The number of pyridine rings is 1. The maximum Gasteiger partial charge on any atom is 0.213 e. The highest BCUT2D eigenvalue weighted by Crippen LogP contribution is 2.26. The molecule has 0 saturated carbocycles. The smallest absolute Gasteiger partial charge is 0.213 e. The van der Waals surface area contributed by atoms with E-state index in [1.807, 2.05) is 36.4 Å². The van der Waals surface area contributed by atoms with E-state index in [4.69, 9.17) is 20.6 Å². The first-order chi connectivity index (χ1) is 16.1. The number of anilines is 1. The van der Waals surface area contributed by atoms with Gasteiger partial charge in [0.05, 0.1) is 18.8 Å². The lowest BCUT2D eigenvalue weighted by Crippen LogP contribution is -2.08. The predicted octanol–water partition coefficient (Wildman–Crippen LogP) is 5.45.